The van der Waals surface area contributed by atoms with Gasteiger partial charge < -0.3 is 10.0 Å². The Bertz CT molecular complexity index is 787. The van der Waals surface area contributed by atoms with Gasteiger partial charge in [-0.2, -0.15) is 0 Å². The molecule has 4 rings (SSSR count). The molecule has 1 saturated heterocycles. The number of aliphatic hydroxyl groups excluding tert-OH is 1. The highest BCUT2D eigenvalue weighted by atomic mass is 16.3. The van der Waals surface area contributed by atoms with Gasteiger partial charge in [0.25, 0.3) is 0 Å². The van der Waals surface area contributed by atoms with E-state index in [9.17, 15) is 4.79 Å². The van der Waals surface area contributed by atoms with Crippen LogP contribution in [0.15, 0.2) is 48.5 Å². The fourth-order valence-electron chi connectivity index (χ4n) is 4.32. The second-order valence-corrected chi connectivity index (χ2v) is 7.90. The predicted octanol–water partition coefficient (Wildman–Crippen LogP) is 2.63. The standard InChI is InChI=1S/C23H28N2O2/c26-17-19-7-5-18(6-8-19)13-20-9-12-25(14-20)23(27)16-24-11-10-21-3-1-2-4-22(21)15-24/h1-8,20,26H,9-17H2/t20-/m0/s1. The van der Waals surface area contributed by atoms with Crippen LogP contribution in [0.3, 0.4) is 0 Å². The molecule has 0 spiro atoms. The molecule has 2 heterocycles. The average molecular weight is 364 g/mol. The highest BCUT2D eigenvalue weighted by molar-refractivity contribution is 5.78. The first-order valence-corrected chi connectivity index (χ1v) is 9.97. The molecule has 2 aliphatic heterocycles. The third-order valence-corrected chi connectivity index (χ3v) is 5.94. The highest BCUT2D eigenvalue weighted by Crippen LogP contribution is 2.23. The Morgan fingerprint density at radius 1 is 1.00 bits per heavy atom. The smallest absolute Gasteiger partial charge is 0.236 e. The molecule has 1 amide bonds. The van der Waals surface area contributed by atoms with E-state index in [0.29, 0.717) is 12.5 Å². The van der Waals surface area contributed by atoms with Gasteiger partial charge in [-0.3, -0.25) is 9.69 Å². The quantitative estimate of drug-likeness (QED) is 0.887. The van der Waals surface area contributed by atoms with Crippen molar-refractivity contribution in [3.05, 3.63) is 70.8 Å². The van der Waals surface area contributed by atoms with Crippen molar-refractivity contribution in [3.8, 4) is 0 Å². The molecule has 0 aromatic heterocycles. The van der Waals surface area contributed by atoms with Crippen molar-refractivity contribution in [2.45, 2.75) is 32.4 Å². The summed E-state index contributed by atoms with van der Waals surface area (Å²) in [5, 5.41) is 9.15. The molecule has 2 aliphatic rings. The topological polar surface area (TPSA) is 43.8 Å². The molecular formula is C23H28N2O2. The minimum Gasteiger partial charge on any atom is -0.392 e. The van der Waals surface area contributed by atoms with Crippen LogP contribution in [0.25, 0.3) is 0 Å². The normalized spacial score (nSPS) is 19.9. The lowest BCUT2D eigenvalue weighted by molar-refractivity contribution is -0.131. The fraction of sp³-hybridized carbons (Fsp3) is 0.435. The number of likely N-dealkylation sites (tertiary alicyclic amines) is 1. The van der Waals surface area contributed by atoms with Gasteiger partial charge in [-0.1, -0.05) is 48.5 Å². The number of carbonyl (C=O) groups excluding carboxylic acids is 1. The zero-order valence-electron chi connectivity index (χ0n) is 15.8. The summed E-state index contributed by atoms with van der Waals surface area (Å²) in [5.74, 6) is 0.809. The summed E-state index contributed by atoms with van der Waals surface area (Å²) in [6, 6.07) is 16.7. The maximum absolute atomic E-state index is 12.8. The van der Waals surface area contributed by atoms with Crippen molar-refractivity contribution in [1.82, 2.24) is 9.80 Å². The lowest BCUT2D eigenvalue weighted by Gasteiger charge is -2.29. The van der Waals surface area contributed by atoms with E-state index in [1.807, 2.05) is 17.0 Å². The molecule has 0 bridgehead atoms. The Morgan fingerprint density at radius 2 is 1.74 bits per heavy atom. The number of carbonyl (C=O) groups is 1. The molecule has 0 unspecified atom stereocenters. The van der Waals surface area contributed by atoms with Crippen molar-refractivity contribution in [1.29, 1.82) is 0 Å². The van der Waals surface area contributed by atoms with Crippen molar-refractivity contribution in [2.75, 3.05) is 26.2 Å². The molecule has 0 aliphatic carbocycles. The molecule has 0 saturated carbocycles. The highest BCUT2D eigenvalue weighted by Gasteiger charge is 2.28. The summed E-state index contributed by atoms with van der Waals surface area (Å²) in [5.41, 5.74) is 5.03. The van der Waals surface area contributed by atoms with Gasteiger partial charge in [0.05, 0.1) is 13.2 Å². The largest absolute Gasteiger partial charge is 0.392 e. The van der Waals surface area contributed by atoms with Crippen LogP contribution in [0.4, 0.5) is 0 Å². The van der Waals surface area contributed by atoms with Crippen molar-refractivity contribution >= 4 is 5.91 Å². The van der Waals surface area contributed by atoms with Crippen LogP contribution in [-0.4, -0.2) is 47.0 Å². The van der Waals surface area contributed by atoms with Crippen LogP contribution in [0.5, 0.6) is 0 Å². The van der Waals surface area contributed by atoms with Crippen LogP contribution in [0.2, 0.25) is 0 Å². The summed E-state index contributed by atoms with van der Waals surface area (Å²) in [6.45, 7) is 4.22. The van der Waals surface area contributed by atoms with E-state index in [2.05, 4.69) is 41.3 Å². The molecular weight excluding hydrogens is 336 g/mol. The number of hydrogen-bond acceptors (Lipinski definition) is 3. The Morgan fingerprint density at radius 3 is 2.52 bits per heavy atom. The fourth-order valence-corrected chi connectivity index (χ4v) is 4.32. The maximum Gasteiger partial charge on any atom is 0.236 e. The summed E-state index contributed by atoms with van der Waals surface area (Å²) in [7, 11) is 0. The number of rotatable bonds is 5. The first kappa shape index (κ1) is 18.2. The van der Waals surface area contributed by atoms with E-state index >= 15 is 0 Å². The predicted molar refractivity (Wildman–Crippen MR) is 106 cm³/mol. The molecule has 1 N–H and O–H groups in total. The molecule has 27 heavy (non-hydrogen) atoms. The minimum absolute atomic E-state index is 0.0902. The van der Waals surface area contributed by atoms with Crippen LogP contribution < -0.4 is 0 Å². The second-order valence-electron chi connectivity index (χ2n) is 7.90. The summed E-state index contributed by atoms with van der Waals surface area (Å²) >= 11 is 0. The molecule has 142 valence electrons. The molecule has 0 radical (unpaired) electrons. The lowest BCUT2D eigenvalue weighted by atomic mass is 9.98. The first-order chi connectivity index (χ1) is 13.2. The zero-order chi connectivity index (χ0) is 18.6. The number of nitrogens with zero attached hydrogens (tertiary/aromatic N) is 2. The summed E-state index contributed by atoms with van der Waals surface area (Å²) in [4.78, 5) is 17.1. The van der Waals surface area contributed by atoms with E-state index in [4.69, 9.17) is 5.11 Å². The average Bonchev–Trinajstić information content (AvgIpc) is 3.17. The number of amides is 1. The van der Waals surface area contributed by atoms with Gasteiger partial charge in [-0.15, -0.1) is 0 Å². The summed E-state index contributed by atoms with van der Waals surface area (Å²) < 4.78 is 0. The van der Waals surface area contributed by atoms with Gasteiger partial charge in [-0.25, -0.2) is 0 Å². The Balaban J connectivity index is 1.28. The number of hydrogen-bond donors (Lipinski definition) is 1. The van der Waals surface area contributed by atoms with Gasteiger partial charge in [0.2, 0.25) is 5.91 Å². The van der Waals surface area contributed by atoms with Gasteiger partial charge in [0.1, 0.15) is 0 Å². The Labute approximate surface area is 161 Å². The van der Waals surface area contributed by atoms with Crippen molar-refractivity contribution in [2.24, 2.45) is 5.92 Å². The van der Waals surface area contributed by atoms with E-state index in [-0.39, 0.29) is 12.5 Å². The van der Waals surface area contributed by atoms with Crippen molar-refractivity contribution < 1.29 is 9.90 Å². The molecule has 1 fully saturated rings. The van der Waals surface area contributed by atoms with Gasteiger partial charge in [0, 0.05) is 26.2 Å². The molecule has 2 aromatic rings. The third kappa shape index (κ3) is 4.40. The molecule has 2 aromatic carbocycles. The number of aliphatic hydroxyl groups is 1. The van der Waals surface area contributed by atoms with Gasteiger partial charge >= 0.3 is 0 Å². The summed E-state index contributed by atoms with van der Waals surface area (Å²) in [6.07, 6.45) is 3.12. The molecule has 4 nitrogen and oxygen atoms in total. The van der Waals surface area contributed by atoms with E-state index < -0.39 is 0 Å². The minimum atomic E-state index is 0.0902. The lowest BCUT2D eigenvalue weighted by Crippen LogP contribution is -2.41. The second kappa shape index (κ2) is 8.24. The maximum atomic E-state index is 12.8. The molecule has 1 atom stereocenters. The van der Waals surface area contributed by atoms with E-state index in [0.717, 1.165) is 51.0 Å². The van der Waals surface area contributed by atoms with E-state index in [1.165, 1.54) is 16.7 Å². The van der Waals surface area contributed by atoms with Crippen LogP contribution in [-0.2, 0) is 30.8 Å². The van der Waals surface area contributed by atoms with Crippen molar-refractivity contribution in [3.63, 3.8) is 0 Å². The van der Waals surface area contributed by atoms with Gasteiger partial charge in [-0.05, 0) is 47.4 Å². The number of benzene rings is 2. The third-order valence-electron chi connectivity index (χ3n) is 5.94. The zero-order valence-corrected chi connectivity index (χ0v) is 15.8. The monoisotopic (exact) mass is 364 g/mol. The van der Waals surface area contributed by atoms with Gasteiger partial charge in [0.15, 0.2) is 0 Å². The first-order valence-electron chi connectivity index (χ1n) is 9.97. The van der Waals surface area contributed by atoms with Crippen LogP contribution >= 0.6 is 0 Å². The van der Waals surface area contributed by atoms with Crippen LogP contribution in [0, 0.1) is 5.92 Å². The Kier molecular flexibility index (Phi) is 5.55. The SMILES string of the molecule is O=C(CN1CCc2ccccc2C1)N1CC[C@@H](Cc2ccc(CO)cc2)C1. The Hall–Kier alpha value is -2.17. The van der Waals surface area contributed by atoms with E-state index in [1.54, 1.807) is 0 Å². The number of fused-ring (bicyclic) bond motifs is 1. The molecule has 4 heteroatoms. The van der Waals surface area contributed by atoms with Crippen LogP contribution in [0.1, 0.15) is 28.7 Å².